The van der Waals surface area contributed by atoms with Gasteiger partial charge in [0.25, 0.3) is 0 Å². The van der Waals surface area contributed by atoms with Crippen LogP contribution in [0.5, 0.6) is 11.5 Å². The number of fused-ring (bicyclic) bond motifs is 1. The molecular formula is C22H29NO2. The van der Waals surface area contributed by atoms with Gasteiger partial charge in [-0.2, -0.15) is 0 Å². The van der Waals surface area contributed by atoms with Crippen LogP contribution in [-0.4, -0.2) is 7.11 Å². The van der Waals surface area contributed by atoms with E-state index in [2.05, 4.69) is 59.0 Å². The van der Waals surface area contributed by atoms with Crippen molar-refractivity contribution in [1.29, 1.82) is 0 Å². The van der Waals surface area contributed by atoms with Crippen molar-refractivity contribution in [3.05, 3.63) is 53.1 Å². The molecule has 1 unspecified atom stereocenters. The van der Waals surface area contributed by atoms with Crippen molar-refractivity contribution >= 4 is 5.69 Å². The highest BCUT2D eigenvalue weighted by atomic mass is 16.5. The minimum absolute atomic E-state index is 0.0157. The Morgan fingerprint density at radius 3 is 2.08 bits per heavy atom. The molecule has 3 nitrogen and oxygen atoms in total. The first-order chi connectivity index (χ1) is 11.6. The molecule has 0 aliphatic carbocycles. The summed E-state index contributed by atoms with van der Waals surface area (Å²) in [7, 11) is 1.68. The smallest absolute Gasteiger partial charge is 0.196 e. The minimum atomic E-state index is -0.169. The van der Waals surface area contributed by atoms with Gasteiger partial charge in [-0.05, 0) is 46.7 Å². The van der Waals surface area contributed by atoms with Crippen LogP contribution in [0.25, 0.3) is 0 Å². The molecule has 134 valence electrons. The molecule has 0 fully saturated rings. The zero-order chi connectivity index (χ0) is 18.4. The molecule has 0 saturated carbocycles. The molecule has 1 atom stereocenters. The van der Waals surface area contributed by atoms with Gasteiger partial charge in [0.2, 0.25) is 0 Å². The lowest BCUT2D eigenvalue weighted by atomic mass is 9.80. The van der Waals surface area contributed by atoms with Crippen LogP contribution < -0.4 is 14.8 Å². The number of hydrogen-bond donors (Lipinski definition) is 1. The summed E-state index contributed by atoms with van der Waals surface area (Å²) < 4.78 is 11.6. The highest BCUT2D eigenvalue weighted by Gasteiger charge is 2.32. The summed E-state index contributed by atoms with van der Waals surface area (Å²) in [5.74, 6) is 1.82. The summed E-state index contributed by atoms with van der Waals surface area (Å²) in [5, 5.41) is 3.55. The maximum Gasteiger partial charge on any atom is 0.196 e. The maximum absolute atomic E-state index is 6.34. The van der Waals surface area contributed by atoms with Crippen LogP contribution in [0.15, 0.2) is 36.4 Å². The van der Waals surface area contributed by atoms with E-state index in [1.165, 1.54) is 11.1 Å². The number of benzene rings is 2. The molecule has 1 N–H and O–H groups in total. The van der Waals surface area contributed by atoms with Crippen LogP contribution in [0.4, 0.5) is 5.69 Å². The number of nitrogens with one attached hydrogen (secondary N) is 1. The Balaban J connectivity index is 2.01. The van der Waals surface area contributed by atoms with Crippen molar-refractivity contribution in [2.24, 2.45) is 0 Å². The quantitative estimate of drug-likeness (QED) is 0.751. The van der Waals surface area contributed by atoms with Crippen molar-refractivity contribution in [2.75, 3.05) is 12.4 Å². The molecular weight excluding hydrogens is 310 g/mol. The van der Waals surface area contributed by atoms with Gasteiger partial charge in [-0.15, -0.1) is 0 Å². The lowest BCUT2D eigenvalue weighted by Gasteiger charge is -2.26. The normalized spacial score (nSPS) is 16.8. The van der Waals surface area contributed by atoms with Crippen molar-refractivity contribution in [3.8, 4) is 11.5 Å². The molecule has 0 saturated heterocycles. The van der Waals surface area contributed by atoms with Crippen LogP contribution in [0.3, 0.4) is 0 Å². The standard InChI is InChI=1S/C22H29NO2/c1-21(2,3)15-12-17(22(4,5)6)19-18(13-15)23-20(25-19)14-8-10-16(24-7)11-9-14/h8-13,20,23H,1-7H3. The summed E-state index contributed by atoms with van der Waals surface area (Å²) in [6, 6.07) is 12.6. The molecule has 0 aromatic heterocycles. The molecule has 2 aromatic rings. The summed E-state index contributed by atoms with van der Waals surface area (Å²) >= 11 is 0. The summed E-state index contributed by atoms with van der Waals surface area (Å²) in [6.07, 6.45) is -0.169. The van der Waals surface area contributed by atoms with E-state index in [1.54, 1.807) is 7.11 Å². The van der Waals surface area contributed by atoms with E-state index < -0.39 is 0 Å². The molecule has 2 aromatic carbocycles. The predicted octanol–water partition coefficient (Wildman–Crippen LogP) is 5.79. The first kappa shape index (κ1) is 17.7. The van der Waals surface area contributed by atoms with Gasteiger partial charge in [0.15, 0.2) is 6.23 Å². The van der Waals surface area contributed by atoms with Crippen molar-refractivity contribution in [2.45, 2.75) is 58.6 Å². The van der Waals surface area contributed by atoms with E-state index in [0.717, 1.165) is 22.7 Å². The molecule has 3 rings (SSSR count). The van der Waals surface area contributed by atoms with Gasteiger partial charge < -0.3 is 14.8 Å². The van der Waals surface area contributed by atoms with E-state index in [4.69, 9.17) is 9.47 Å². The van der Waals surface area contributed by atoms with Crippen LogP contribution >= 0.6 is 0 Å². The van der Waals surface area contributed by atoms with Crippen molar-refractivity contribution < 1.29 is 9.47 Å². The monoisotopic (exact) mass is 339 g/mol. The van der Waals surface area contributed by atoms with Crippen LogP contribution in [0.2, 0.25) is 0 Å². The number of ether oxygens (including phenoxy) is 2. The molecule has 25 heavy (non-hydrogen) atoms. The van der Waals surface area contributed by atoms with Gasteiger partial charge in [0.1, 0.15) is 11.5 Å². The average Bonchev–Trinajstić information content (AvgIpc) is 2.96. The second-order valence-corrected chi connectivity index (χ2v) is 8.82. The largest absolute Gasteiger partial charge is 0.497 e. The fraction of sp³-hybridized carbons (Fsp3) is 0.455. The Morgan fingerprint density at radius 1 is 0.920 bits per heavy atom. The highest BCUT2D eigenvalue weighted by Crippen LogP contribution is 2.47. The fourth-order valence-electron chi connectivity index (χ4n) is 3.07. The van der Waals surface area contributed by atoms with Gasteiger partial charge in [-0.1, -0.05) is 47.6 Å². The van der Waals surface area contributed by atoms with Gasteiger partial charge in [-0.3, -0.25) is 0 Å². The topological polar surface area (TPSA) is 30.5 Å². The van der Waals surface area contributed by atoms with Gasteiger partial charge >= 0.3 is 0 Å². The maximum atomic E-state index is 6.34. The summed E-state index contributed by atoms with van der Waals surface area (Å²) in [4.78, 5) is 0. The number of anilines is 1. The zero-order valence-corrected chi connectivity index (χ0v) is 16.4. The molecule has 0 amide bonds. The molecule has 0 spiro atoms. The number of hydrogen-bond acceptors (Lipinski definition) is 3. The Hall–Kier alpha value is -2.16. The van der Waals surface area contributed by atoms with E-state index in [-0.39, 0.29) is 17.1 Å². The first-order valence-corrected chi connectivity index (χ1v) is 8.86. The van der Waals surface area contributed by atoms with Gasteiger partial charge in [0.05, 0.1) is 12.8 Å². The van der Waals surface area contributed by atoms with Gasteiger partial charge in [0, 0.05) is 11.1 Å². The van der Waals surface area contributed by atoms with E-state index in [9.17, 15) is 0 Å². The lowest BCUT2D eigenvalue weighted by Crippen LogP contribution is -2.17. The summed E-state index contributed by atoms with van der Waals surface area (Å²) in [6.45, 7) is 13.4. The zero-order valence-electron chi connectivity index (χ0n) is 16.4. The highest BCUT2D eigenvalue weighted by molar-refractivity contribution is 5.68. The summed E-state index contributed by atoms with van der Waals surface area (Å²) in [5.41, 5.74) is 4.85. The Bertz CT molecular complexity index is 764. The third-order valence-corrected chi connectivity index (χ3v) is 4.70. The first-order valence-electron chi connectivity index (χ1n) is 8.86. The van der Waals surface area contributed by atoms with E-state index in [0.29, 0.717) is 0 Å². The second-order valence-electron chi connectivity index (χ2n) is 8.82. The fourth-order valence-corrected chi connectivity index (χ4v) is 3.07. The predicted molar refractivity (Wildman–Crippen MR) is 104 cm³/mol. The second kappa shape index (κ2) is 5.98. The van der Waals surface area contributed by atoms with E-state index >= 15 is 0 Å². The molecule has 1 heterocycles. The van der Waals surface area contributed by atoms with Gasteiger partial charge in [-0.25, -0.2) is 0 Å². The van der Waals surface area contributed by atoms with Crippen molar-refractivity contribution in [3.63, 3.8) is 0 Å². The number of rotatable bonds is 2. The van der Waals surface area contributed by atoms with Crippen LogP contribution in [0.1, 0.15) is 64.5 Å². The molecule has 0 bridgehead atoms. The molecule has 1 aliphatic heterocycles. The Kier molecular flexibility index (Phi) is 4.22. The minimum Gasteiger partial charge on any atom is -0.497 e. The van der Waals surface area contributed by atoms with E-state index in [1.807, 2.05) is 24.3 Å². The van der Waals surface area contributed by atoms with Crippen LogP contribution in [-0.2, 0) is 10.8 Å². The average molecular weight is 339 g/mol. The Labute approximate surface area is 151 Å². The number of methoxy groups -OCH3 is 1. The molecule has 3 heteroatoms. The third-order valence-electron chi connectivity index (χ3n) is 4.70. The SMILES string of the molecule is COc1ccc(C2Nc3cc(C(C)(C)C)cc(C(C)(C)C)c3O2)cc1. The molecule has 1 aliphatic rings. The van der Waals surface area contributed by atoms with Crippen LogP contribution in [0, 0.1) is 0 Å². The molecule has 0 radical (unpaired) electrons. The lowest BCUT2D eigenvalue weighted by molar-refractivity contribution is 0.254. The van der Waals surface area contributed by atoms with Crippen molar-refractivity contribution in [1.82, 2.24) is 0 Å². The third kappa shape index (κ3) is 3.46. The Morgan fingerprint density at radius 2 is 1.56 bits per heavy atom.